The number of ether oxygens (including phenoxy) is 1. The molecule has 1 aromatic rings. The van der Waals surface area contributed by atoms with Gasteiger partial charge in [0, 0.05) is 37.1 Å². The Labute approximate surface area is 187 Å². The summed E-state index contributed by atoms with van der Waals surface area (Å²) in [5.74, 6) is 1.84. The smallest absolute Gasteiger partial charge is 0.191 e. The van der Waals surface area contributed by atoms with E-state index in [-0.39, 0.29) is 29.4 Å². The van der Waals surface area contributed by atoms with E-state index < -0.39 is 0 Å². The molecular formula is C22H37IN4O. The van der Waals surface area contributed by atoms with Crippen LogP contribution in [-0.4, -0.2) is 56.2 Å². The van der Waals surface area contributed by atoms with Gasteiger partial charge >= 0.3 is 0 Å². The van der Waals surface area contributed by atoms with E-state index >= 15 is 0 Å². The first-order chi connectivity index (χ1) is 13.0. The van der Waals surface area contributed by atoms with Crippen molar-refractivity contribution in [3.8, 4) is 5.75 Å². The van der Waals surface area contributed by atoms with Gasteiger partial charge in [-0.25, -0.2) is 0 Å². The van der Waals surface area contributed by atoms with Crippen molar-refractivity contribution in [2.75, 3.05) is 33.3 Å². The lowest BCUT2D eigenvalue weighted by Gasteiger charge is -2.33. The minimum Gasteiger partial charge on any atom is -0.497 e. The number of aliphatic imine (C=N–C) groups is 1. The summed E-state index contributed by atoms with van der Waals surface area (Å²) in [7, 11) is 1.71. The molecule has 0 spiro atoms. The Balaban J connectivity index is 0.00000280. The summed E-state index contributed by atoms with van der Waals surface area (Å²) in [5, 5.41) is 7.09. The number of piperidine rings is 1. The van der Waals surface area contributed by atoms with E-state index in [4.69, 9.17) is 9.73 Å². The van der Waals surface area contributed by atoms with Gasteiger partial charge in [0.15, 0.2) is 5.96 Å². The molecule has 0 aromatic heterocycles. The SMILES string of the molecule is CCNC(=NCC(C)(C)c1cccc(OC)c1)NC1CCN(C2CC2)CC1.I. The van der Waals surface area contributed by atoms with E-state index in [9.17, 15) is 0 Å². The minimum atomic E-state index is -0.0494. The first-order valence-corrected chi connectivity index (χ1v) is 10.5. The van der Waals surface area contributed by atoms with E-state index in [0.717, 1.165) is 30.8 Å². The van der Waals surface area contributed by atoms with Crippen LogP contribution in [0.5, 0.6) is 5.75 Å². The van der Waals surface area contributed by atoms with Crippen LogP contribution in [0.4, 0.5) is 0 Å². The molecule has 1 aromatic carbocycles. The van der Waals surface area contributed by atoms with Crippen molar-refractivity contribution >= 4 is 29.9 Å². The van der Waals surface area contributed by atoms with Crippen molar-refractivity contribution in [3.63, 3.8) is 0 Å². The van der Waals surface area contributed by atoms with Crippen molar-refractivity contribution < 1.29 is 4.74 Å². The van der Waals surface area contributed by atoms with Gasteiger partial charge in [0.1, 0.15) is 5.75 Å². The van der Waals surface area contributed by atoms with E-state index in [1.165, 1.54) is 44.3 Å². The van der Waals surface area contributed by atoms with Crippen LogP contribution < -0.4 is 15.4 Å². The van der Waals surface area contributed by atoms with Crippen molar-refractivity contribution in [1.29, 1.82) is 0 Å². The molecule has 2 aliphatic rings. The molecule has 158 valence electrons. The van der Waals surface area contributed by atoms with Crippen LogP contribution in [0.3, 0.4) is 0 Å². The summed E-state index contributed by atoms with van der Waals surface area (Å²) in [6, 6.07) is 9.73. The highest BCUT2D eigenvalue weighted by Crippen LogP contribution is 2.29. The Hall–Kier alpha value is -1.02. The molecule has 0 radical (unpaired) electrons. The number of rotatable bonds is 7. The van der Waals surface area contributed by atoms with Gasteiger partial charge in [-0.1, -0.05) is 26.0 Å². The standard InChI is InChI=1S/C22H36N4O.HI/c1-5-23-21(25-18-11-13-26(14-12-18)19-9-10-19)24-16-22(2,3)17-7-6-8-20(15-17)27-4;/h6-8,15,18-19H,5,9-14,16H2,1-4H3,(H2,23,24,25);1H. The molecule has 1 saturated heterocycles. The van der Waals surface area contributed by atoms with Gasteiger partial charge in [0.05, 0.1) is 13.7 Å². The average Bonchev–Trinajstić information content (AvgIpc) is 3.52. The largest absolute Gasteiger partial charge is 0.497 e. The van der Waals surface area contributed by atoms with Crippen LogP contribution in [-0.2, 0) is 5.41 Å². The molecule has 1 aliphatic heterocycles. The third-order valence-corrected chi connectivity index (χ3v) is 5.76. The van der Waals surface area contributed by atoms with Crippen molar-refractivity contribution in [2.45, 2.75) is 64.0 Å². The number of benzene rings is 1. The molecule has 0 unspecified atom stereocenters. The lowest BCUT2D eigenvalue weighted by atomic mass is 9.84. The van der Waals surface area contributed by atoms with E-state index in [1.807, 2.05) is 6.07 Å². The Morgan fingerprint density at radius 1 is 1.21 bits per heavy atom. The number of methoxy groups -OCH3 is 1. The summed E-state index contributed by atoms with van der Waals surface area (Å²) < 4.78 is 5.38. The fraction of sp³-hybridized carbons (Fsp3) is 0.682. The molecule has 6 heteroatoms. The molecule has 2 N–H and O–H groups in total. The zero-order valence-corrected chi connectivity index (χ0v) is 20.2. The summed E-state index contributed by atoms with van der Waals surface area (Å²) in [6.45, 7) is 10.7. The third-order valence-electron chi connectivity index (χ3n) is 5.76. The summed E-state index contributed by atoms with van der Waals surface area (Å²) in [6.07, 6.45) is 5.23. The van der Waals surface area contributed by atoms with Crippen LogP contribution in [0.1, 0.15) is 52.0 Å². The third kappa shape index (κ3) is 6.51. The van der Waals surface area contributed by atoms with E-state index in [1.54, 1.807) is 7.11 Å². The first-order valence-electron chi connectivity index (χ1n) is 10.5. The Kier molecular flexibility index (Phi) is 8.86. The lowest BCUT2D eigenvalue weighted by molar-refractivity contribution is 0.197. The second-order valence-electron chi connectivity index (χ2n) is 8.50. The summed E-state index contributed by atoms with van der Waals surface area (Å²) >= 11 is 0. The van der Waals surface area contributed by atoms with Gasteiger partial charge in [-0.2, -0.15) is 0 Å². The number of likely N-dealkylation sites (tertiary alicyclic amines) is 1. The number of nitrogens with one attached hydrogen (secondary N) is 2. The quantitative estimate of drug-likeness (QED) is 0.340. The summed E-state index contributed by atoms with van der Waals surface area (Å²) in [5.41, 5.74) is 1.20. The lowest BCUT2D eigenvalue weighted by Crippen LogP contribution is -2.49. The molecule has 0 bridgehead atoms. The number of hydrogen-bond acceptors (Lipinski definition) is 3. The molecule has 1 heterocycles. The van der Waals surface area contributed by atoms with Crippen LogP contribution in [0.25, 0.3) is 0 Å². The zero-order chi connectivity index (χ0) is 19.3. The second kappa shape index (κ2) is 10.7. The van der Waals surface area contributed by atoms with E-state index in [0.29, 0.717) is 6.04 Å². The minimum absolute atomic E-state index is 0. The maximum absolute atomic E-state index is 5.38. The fourth-order valence-electron chi connectivity index (χ4n) is 3.77. The number of halogens is 1. The van der Waals surface area contributed by atoms with Gasteiger partial charge in [0.25, 0.3) is 0 Å². The maximum atomic E-state index is 5.38. The molecule has 0 amide bonds. The number of nitrogens with zero attached hydrogens (tertiary/aromatic N) is 2. The Morgan fingerprint density at radius 2 is 1.93 bits per heavy atom. The van der Waals surface area contributed by atoms with Crippen LogP contribution in [0.15, 0.2) is 29.3 Å². The highest BCUT2D eigenvalue weighted by Gasteiger charge is 2.32. The van der Waals surface area contributed by atoms with Crippen LogP contribution >= 0.6 is 24.0 Å². The van der Waals surface area contributed by atoms with Gasteiger partial charge in [0.2, 0.25) is 0 Å². The predicted molar refractivity (Wildman–Crippen MR) is 128 cm³/mol. The Bertz CT molecular complexity index is 637. The topological polar surface area (TPSA) is 48.9 Å². The molecule has 5 nitrogen and oxygen atoms in total. The van der Waals surface area contributed by atoms with Crippen molar-refractivity contribution in [2.24, 2.45) is 4.99 Å². The predicted octanol–water partition coefficient (Wildman–Crippen LogP) is 3.77. The van der Waals surface area contributed by atoms with Gasteiger partial charge in [-0.05, 0) is 50.3 Å². The van der Waals surface area contributed by atoms with Gasteiger partial charge in [-0.3, -0.25) is 4.99 Å². The molecular weight excluding hydrogens is 463 g/mol. The van der Waals surface area contributed by atoms with Crippen LogP contribution in [0, 0.1) is 0 Å². The van der Waals surface area contributed by atoms with E-state index in [2.05, 4.69) is 54.5 Å². The fourth-order valence-corrected chi connectivity index (χ4v) is 3.77. The molecule has 2 fully saturated rings. The highest BCUT2D eigenvalue weighted by atomic mass is 127. The van der Waals surface area contributed by atoms with Crippen molar-refractivity contribution in [3.05, 3.63) is 29.8 Å². The highest BCUT2D eigenvalue weighted by molar-refractivity contribution is 14.0. The number of hydrogen-bond donors (Lipinski definition) is 2. The monoisotopic (exact) mass is 500 g/mol. The Morgan fingerprint density at radius 3 is 2.54 bits per heavy atom. The average molecular weight is 500 g/mol. The second-order valence-corrected chi connectivity index (χ2v) is 8.50. The van der Waals surface area contributed by atoms with Gasteiger partial charge < -0.3 is 20.3 Å². The molecule has 28 heavy (non-hydrogen) atoms. The number of guanidine groups is 1. The van der Waals surface area contributed by atoms with Gasteiger partial charge in [-0.15, -0.1) is 24.0 Å². The molecule has 3 rings (SSSR count). The summed E-state index contributed by atoms with van der Waals surface area (Å²) in [4.78, 5) is 7.58. The maximum Gasteiger partial charge on any atom is 0.191 e. The normalized spacial score (nSPS) is 19.1. The van der Waals surface area contributed by atoms with Crippen molar-refractivity contribution in [1.82, 2.24) is 15.5 Å². The molecule has 1 aliphatic carbocycles. The molecule has 0 atom stereocenters. The first kappa shape index (κ1) is 23.3. The molecule has 1 saturated carbocycles. The zero-order valence-electron chi connectivity index (χ0n) is 17.8. The van der Waals surface area contributed by atoms with Crippen LogP contribution in [0.2, 0.25) is 0 Å².